The fourth-order valence-electron chi connectivity index (χ4n) is 1.94. The van der Waals surface area contributed by atoms with E-state index < -0.39 is 10.0 Å². The Morgan fingerprint density at radius 2 is 1.76 bits per heavy atom. The van der Waals surface area contributed by atoms with Crippen molar-refractivity contribution in [2.45, 2.75) is 11.8 Å². The van der Waals surface area contributed by atoms with Crippen LogP contribution in [-0.4, -0.2) is 34.0 Å². The predicted octanol–water partition coefficient (Wildman–Crippen LogP) is 2.12. The monoisotopic (exact) mass is 382 g/mol. The lowest BCUT2D eigenvalue weighted by Gasteiger charge is -2.10. The number of benzene rings is 2. The molecule has 2 aromatic carbocycles. The van der Waals surface area contributed by atoms with Gasteiger partial charge >= 0.3 is 0 Å². The molecule has 8 heteroatoms. The van der Waals surface area contributed by atoms with Crippen LogP contribution in [0, 0.1) is 6.92 Å². The summed E-state index contributed by atoms with van der Waals surface area (Å²) in [5, 5.41) is 2.99. The fraction of sp³-hybridized carbons (Fsp3) is 0.235. The van der Waals surface area contributed by atoms with Gasteiger partial charge in [0.15, 0.2) is 6.61 Å². The van der Waals surface area contributed by atoms with Crippen LogP contribution in [0.25, 0.3) is 0 Å². The van der Waals surface area contributed by atoms with Crippen molar-refractivity contribution in [3.8, 4) is 5.75 Å². The molecular weight excluding hydrogens is 364 g/mol. The van der Waals surface area contributed by atoms with Gasteiger partial charge in [0.05, 0.1) is 9.92 Å². The van der Waals surface area contributed by atoms with Gasteiger partial charge in [-0.3, -0.25) is 4.79 Å². The number of amides is 1. The SMILES string of the molecule is Cc1ccc(S(=O)(=O)NCCNC(=O)COc2ccccc2Cl)cc1. The fourth-order valence-corrected chi connectivity index (χ4v) is 3.17. The number of rotatable bonds is 8. The second-order valence-corrected chi connectivity index (χ2v) is 7.45. The molecular formula is C17H19ClN2O4S. The molecule has 0 saturated carbocycles. The maximum absolute atomic E-state index is 12.1. The third kappa shape index (κ3) is 6.04. The van der Waals surface area contributed by atoms with Crippen LogP contribution in [-0.2, 0) is 14.8 Å². The van der Waals surface area contributed by atoms with E-state index in [0.29, 0.717) is 10.8 Å². The van der Waals surface area contributed by atoms with Crippen LogP contribution in [0.3, 0.4) is 0 Å². The summed E-state index contributed by atoms with van der Waals surface area (Å²) in [7, 11) is -3.59. The zero-order chi connectivity index (χ0) is 18.3. The van der Waals surface area contributed by atoms with Crippen LogP contribution in [0.5, 0.6) is 5.75 Å². The molecule has 0 fully saturated rings. The molecule has 134 valence electrons. The van der Waals surface area contributed by atoms with E-state index in [0.717, 1.165) is 5.56 Å². The van der Waals surface area contributed by atoms with Crippen molar-refractivity contribution < 1.29 is 17.9 Å². The second-order valence-electron chi connectivity index (χ2n) is 5.28. The van der Waals surface area contributed by atoms with Crippen molar-refractivity contribution in [1.82, 2.24) is 10.0 Å². The molecule has 0 unspecified atom stereocenters. The van der Waals surface area contributed by atoms with Gasteiger partial charge in [-0.15, -0.1) is 0 Å². The molecule has 1 amide bonds. The first kappa shape index (κ1) is 19.2. The van der Waals surface area contributed by atoms with Crippen LogP contribution in [0.15, 0.2) is 53.4 Å². The number of para-hydroxylation sites is 1. The summed E-state index contributed by atoms with van der Waals surface area (Å²) in [5.41, 5.74) is 0.977. The number of hydrogen-bond acceptors (Lipinski definition) is 4. The molecule has 25 heavy (non-hydrogen) atoms. The van der Waals surface area contributed by atoms with Gasteiger partial charge in [0.2, 0.25) is 10.0 Å². The molecule has 0 bridgehead atoms. The Kier molecular flexibility index (Phi) is 6.81. The molecule has 0 heterocycles. The molecule has 0 aromatic heterocycles. The molecule has 2 N–H and O–H groups in total. The van der Waals surface area contributed by atoms with Crippen molar-refractivity contribution >= 4 is 27.5 Å². The lowest BCUT2D eigenvalue weighted by atomic mass is 10.2. The summed E-state index contributed by atoms with van der Waals surface area (Å²) in [5.74, 6) is 0.0499. The number of aryl methyl sites for hydroxylation is 1. The number of carbonyl (C=O) groups excluding carboxylic acids is 1. The molecule has 0 aliphatic carbocycles. The van der Waals surface area contributed by atoms with E-state index in [1.165, 1.54) is 12.1 Å². The van der Waals surface area contributed by atoms with Gasteiger partial charge in [0, 0.05) is 13.1 Å². The highest BCUT2D eigenvalue weighted by molar-refractivity contribution is 7.89. The Hall–Kier alpha value is -2.09. The third-order valence-corrected chi connectivity index (χ3v) is 5.06. The Labute approximate surface area is 152 Å². The third-order valence-electron chi connectivity index (χ3n) is 3.27. The lowest BCUT2D eigenvalue weighted by molar-refractivity contribution is -0.123. The van der Waals surface area contributed by atoms with Gasteiger partial charge in [0.25, 0.3) is 5.91 Å². The van der Waals surface area contributed by atoms with E-state index in [1.807, 2.05) is 6.92 Å². The summed E-state index contributed by atoms with van der Waals surface area (Å²) in [6.07, 6.45) is 0. The van der Waals surface area contributed by atoms with Crippen molar-refractivity contribution in [2.24, 2.45) is 0 Å². The van der Waals surface area contributed by atoms with Crippen molar-refractivity contribution in [2.75, 3.05) is 19.7 Å². The molecule has 2 aromatic rings. The highest BCUT2D eigenvalue weighted by Gasteiger charge is 2.13. The van der Waals surface area contributed by atoms with Crippen LogP contribution >= 0.6 is 11.6 Å². The lowest BCUT2D eigenvalue weighted by Crippen LogP contribution is -2.36. The number of hydrogen-bond donors (Lipinski definition) is 2. The van der Waals surface area contributed by atoms with Crippen molar-refractivity contribution in [3.05, 3.63) is 59.1 Å². The van der Waals surface area contributed by atoms with Crippen LogP contribution < -0.4 is 14.8 Å². The molecule has 0 saturated heterocycles. The summed E-state index contributed by atoms with van der Waals surface area (Å²) in [6.45, 7) is 1.91. The van der Waals surface area contributed by atoms with Crippen LogP contribution in [0.2, 0.25) is 5.02 Å². The predicted molar refractivity (Wildman–Crippen MR) is 96.3 cm³/mol. The van der Waals surface area contributed by atoms with Crippen LogP contribution in [0.1, 0.15) is 5.56 Å². The topological polar surface area (TPSA) is 84.5 Å². The largest absolute Gasteiger partial charge is 0.482 e. The first-order valence-corrected chi connectivity index (χ1v) is 9.45. The standard InChI is InChI=1S/C17H19ClN2O4S/c1-13-6-8-14(9-7-13)25(22,23)20-11-10-19-17(21)12-24-16-5-3-2-4-15(16)18/h2-9,20H,10-12H2,1H3,(H,19,21). The number of nitrogens with one attached hydrogen (secondary N) is 2. The van der Waals surface area contributed by atoms with E-state index in [1.54, 1.807) is 36.4 Å². The number of halogens is 1. The minimum Gasteiger partial charge on any atom is -0.482 e. The normalized spacial score (nSPS) is 11.1. The Morgan fingerprint density at radius 1 is 1.08 bits per heavy atom. The van der Waals surface area contributed by atoms with E-state index >= 15 is 0 Å². The first-order chi connectivity index (χ1) is 11.9. The zero-order valence-electron chi connectivity index (χ0n) is 13.7. The smallest absolute Gasteiger partial charge is 0.257 e. The zero-order valence-corrected chi connectivity index (χ0v) is 15.2. The molecule has 2 rings (SSSR count). The molecule has 0 aliphatic heterocycles. The average molecular weight is 383 g/mol. The second kappa shape index (κ2) is 8.84. The summed E-state index contributed by atoms with van der Waals surface area (Å²) < 4.78 is 31.9. The molecule has 0 radical (unpaired) electrons. The van der Waals surface area contributed by atoms with E-state index in [2.05, 4.69) is 10.0 Å². The molecule has 0 atom stereocenters. The van der Waals surface area contributed by atoms with Gasteiger partial charge in [-0.05, 0) is 31.2 Å². The minimum atomic E-state index is -3.59. The summed E-state index contributed by atoms with van der Waals surface area (Å²) in [6, 6.07) is 13.3. The molecule has 6 nitrogen and oxygen atoms in total. The van der Waals surface area contributed by atoms with Crippen molar-refractivity contribution in [3.63, 3.8) is 0 Å². The number of sulfonamides is 1. The Balaban J connectivity index is 1.72. The quantitative estimate of drug-likeness (QED) is 0.685. The van der Waals surface area contributed by atoms with Gasteiger partial charge in [0.1, 0.15) is 5.75 Å². The summed E-state index contributed by atoms with van der Waals surface area (Å²) >= 11 is 5.92. The highest BCUT2D eigenvalue weighted by atomic mass is 35.5. The van der Waals surface area contributed by atoms with E-state index in [4.69, 9.17) is 16.3 Å². The van der Waals surface area contributed by atoms with Gasteiger partial charge in [-0.2, -0.15) is 0 Å². The summed E-state index contributed by atoms with van der Waals surface area (Å²) in [4.78, 5) is 11.9. The van der Waals surface area contributed by atoms with Crippen LogP contribution in [0.4, 0.5) is 0 Å². The van der Waals surface area contributed by atoms with E-state index in [-0.39, 0.29) is 30.5 Å². The number of carbonyl (C=O) groups is 1. The average Bonchev–Trinajstić information content (AvgIpc) is 2.58. The van der Waals surface area contributed by atoms with Gasteiger partial charge < -0.3 is 10.1 Å². The Bertz CT molecular complexity index is 823. The maximum atomic E-state index is 12.1. The molecule has 0 spiro atoms. The molecule has 0 aliphatic rings. The maximum Gasteiger partial charge on any atom is 0.257 e. The Morgan fingerprint density at radius 3 is 2.44 bits per heavy atom. The van der Waals surface area contributed by atoms with Gasteiger partial charge in [-0.1, -0.05) is 41.4 Å². The van der Waals surface area contributed by atoms with Gasteiger partial charge in [-0.25, -0.2) is 13.1 Å². The van der Waals surface area contributed by atoms with Crippen molar-refractivity contribution in [1.29, 1.82) is 0 Å². The number of ether oxygens (including phenoxy) is 1. The van der Waals surface area contributed by atoms with E-state index in [9.17, 15) is 13.2 Å². The highest BCUT2D eigenvalue weighted by Crippen LogP contribution is 2.22. The minimum absolute atomic E-state index is 0.0774. The first-order valence-electron chi connectivity index (χ1n) is 7.59.